The van der Waals surface area contributed by atoms with Gasteiger partial charge in [0.05, 0.1) is 11.8 Å². The summed E-state index contributed by atoms with van der Waals surface area (Å²) in [4.78, 5) is 12.9. The molecule has 1 aliphatic heterocycles. The first-order valence-electron chi connectivity index (χ1n) is 5.56. The van der Waals surface area contributed by atoms with E-state index in [0.29, 0.717) is 16.9 Å². The molecule has 1 aromatic rings. The van der Waals surface area contributed by atoms with Crippen molar-refractivity contribution in [3.63, 3.8) is 0 Å². The summed E-state index contributed by atoms with van der Waals surface area (Å²) in [5, 5.41) is 11.7. The van der Waals surface area contributed by atoms with Crippen molar-refractivity contribution in [3.05, 3.63) is 5.89 Å². The lowest BCUT2D eigenvalue weighted by Gasteiger charge is -2.07. The number of rotatable bonds is 4. The maximum atomic E-state index is 11.4. The number of hydrogen-bond donors (Lipinski definition) is 1. The van der Waals surface area contributed by atoms with E-state index in [1.165, 1.54) is 11.8 Å². The molecule has 1 amide bonds. The predicted octanol–water partition coefficient (Wildman–Crippen LogP) is 0.674. The summed E-state index contributed by atoms with van der Waals surface area (Å²) in [5.41, 5.74) is 0. The molecule has 1 atom stereocenters. The second-order valence-corrected chi connectivity index (χ2v) is 5.06. The molecule has 6 nitrogen and oxygen atoms in total. The van der Waals surface area contributed by atoms with Crippen LogP contribution in [0.3, 0.4) is 0 Å². The van der Waals surface area contributed by atoms with Crippen molar-refractivity contribution in [1.82, 2.24) is 20.4 Å². The highest BCUT2D eigenvalue weighted by Crippen LogP contribution is 2.24. The molecule has 2 rings (SSSR count). The van der Waals surface area contributed by atoms with Gasteiger partial charge in [-0.2, -0.15) is 0 Å². The topological polar surface area (TPSA) is 71.3 Å². The van der Waals surface area contributed by atoms with Gasteiger partial charge < -0.3 is 14.6 Å². The van der Waals surface area contributed by atoms with E-state index in [-0.39, 0.29) is 11.9 Å². The fraction of sp³-hybridized carbons (Fsp3) is 0.700. The van der Waals surface area contributed by atoms with Gasteiger partial charge >= 0.3 is 0 Å². The van der Waals surface area contributed by atoms with Gasteiger partial charge in [0.1, 0.15) is 0 Å². The summed E-state index contributed by atoms with van der Waals surface area (Å²) >= 11 is 1.28. The SMILES string of the molecule is CN(C)C(=O)CSc1nnc([C@H]2CCCN2)o1. The van der Waals surface area contributed by atoms with Crippen LogP contribution in [0.15, 0.2) is 9.64 Å². The van der Waals surface area contributed by atoms with Gasteiger partial charge in [-0.05, 0) is 19.4 Å². The van der Waals surface area contributed by atoms with Crippen molar-refractivity contribution in [2.45, 2.75) is 24.1 Å². The minimum absolute atomic E-state index is 0.0359. The minimum Gasteiger partial charge on any atom is -0.414 e. The Labute approximate surface area is 104 Å². The van der Waals surface area contributed by atoms with E-state index >= 15 is 0 Å². The molecule has 94 valence electrons. The van der Waals surface area contributed by atoms with E-state index in [1.54, 1.807) is 19.0 Å². The Morgan fingerprint density at radius 2 is 2.41 bits per heavy atom. The standard InChI is InChI=1S/C10H16N4O2S/c1-14(2)8(15)6-17-10-13-12-9(16-10)7-4-3-5-11-7/h7,11H,3-6H2,1-2H3/t7-/m1/s1. The molecule has 0 spiro atoms. The third-order valence-corrected chi connectivity index (χ3v) is 3.40. The zero-order chi connectivity index (χ0) is 12.3. The Balaban J connectivity index is 1.87. The summed E-state index contributed by atoms with van der Waals surface area (Å²) < 4.78 is 5.51. The number of nitrogens with zero attached hydrogens (tertiary/aromatic N) is 3. The van der Waals surface area contributed by atoms with E-state index in [2.05, 4.69) is 15.5 Å². The molecule has 1 aromatic heterocycles. The van der Waals surface area contributed by atoms with Gasteiger partial charge in [-0.15, -0.1) is 10.2 Å². The molecule has 2 heterocycles. The highest BCUT2D eigenvalue weighted by atomic mass is 32.2. The summed E-state index contributed by atoms with van der Waals surface area (Å²) in [7, 11) is 3.45. The maximum Gasteiger partial charge on any atom is 0.277 e. The number of nitrogens with one attached hydrogen (secondary N) is 1. The van der Waals surface area contributed by atoms with Crippen LogP contribution >= 0.6 is 11.8 Å². The largest absolute Gasteiger partial charge is 0.414 e. The first kappa shape index (κ1) is 12.4. The lowest BCUT2D eigenvalue weighted by molar-refractivity contribution is -0.125. The van der Waals surface area contributed by atoms with E-state index in [9.17, 15) is 4.79 Å². The second-order valence-electron chi connectivity index (χ2n) is 4.13. The summed E-state index contributed by atoms with van der Waals surface area (Å²) in [5.74, 6) is 0.989. The second kappa shape index (κ2) is 5.50. The highest BCUT2D eigenvalue weighted by molar-refractivity contribution is 7.99. The van der Waals surface area contributed by atoms with Gasteiger partial charge in [0.15, 0.2) is 0 Å². The normalized spacial score (nSPS) is 19.5. The number of aromatic nitrogens is 2. The molecule has 0 aliphatic carbocycles. The zero-order valence-corrected chi connectivity index (χ0v) is 10.8. The number of carbonyl (C=O) groups is 1. The van der Waals surface area contributed by atoms with E-state index in [1.807, 2.05) is 0 Å². The van der Waals surface area contributed by atoms with Crippen molar-refractivity contribution in [2.24, 2.45) is 0 Å². The van der Waals surface area contributed by atoms with Gasteiger partial charge in [-0.3, -0.25) is 4.79 Å². The number of carbonyl (C=O) groups excluding carboxylic acids is 1. The van der Waals surface area contributed by atoms with Gasteiger partial charge in [0.25, 0.3) is 5.22 Å². The number of amides is 1. The van der Waals surface area contributed by atoms with Crippen LogP contribution in [0, 0.1) is 0 Å². The van der Waals surface area contributed by atoms with E-state index in [0.717, 1.165) is 19.4 Å². The van der Waals surface area contributed by atoms with Gasteiger partial charge in [0.2, 0.25) is 11.8 Å². The van der Waals surface area contributed by atoms with Crippen molar-refractivity contribution >= 4 is 17.7 Å². The Bertz CT molecular complexity index is 387. The van der Waals surface area contributed by atoms with Crippen LogP contribution in [0.5, 0.6) is 0 Å². The van der Waals surface area contributed by atoms with Crippen molar-refractivity contribution in [1.29, 1.82) is 0 Å². The van der Waals surface area contributed by atoms with Gasteiger partial charge in [0, 0.05) is 14.1 Å². The Morgan fingerprint density at radius 1 is 1.59 bits per heavy atom. The molecule has 0 unspecified atom stereocenters. The number of thioether (sulfide) groups is 1. The predicted molar refractivity (Wildman–Crippen MR) is 63.7 cm³/mol. The zero-order valence-electron chi connectivity index (χ0n) is 9.97. The Kier molecular flexibility index (Phi) is 4.01. The summed E-state index contributed by atoms with van der Waals surface area (Å²) in [6, 6.07) is 0.182. The van der Waals surface area contributed by atoms with Crippen molar-refractivity contribution in [3.8, 4) is 0 Å². The minimum atomic E-state index is 0.0359. The van der Waals surface area contributed by atoms with Gasteiger partial charge in [-0.1, -0.05) is 11.8 Å². The first-order chi connectivity index (χ1) is 8.16. The quantitative estimate of drug-likeness (QED) is 0.799. The molecule has 0 radical (unpaired) electrons. The number of hydrogen-bond acceptors (Lipinski definition) is 6. The average Bonchev–Trinajstić information content (AvgIpc) is 2.95. The molecular formula is C10H16N4O2S. The van der Waals surface area contributed by atoms with Gasteiger partial charge in [-0.25, -0.2) is 0 Å². The smallest absolute Gasteiger partial charge is 0.277 e. The van der Waals surface area contributed by atoms with Crippen LogP contribution in [0.25, 0.3) is 0 Å². The van der Waals surface area contributed by atoms with Crippen LogP contribution in [-0.2, 0) is 4.79 Å². The highest BCUT2D eigenvalue weighted by Gasteiger charge is 2.22. The van der Waals surface area contributed by atoms with Crippen molar-refractivity contribution in [2.75, 3.05) is 26.4 Å². The van der Waals surface area contributed by atoms with Crippen molar-refractivity contribution < 1.29 is 9.21 Å². The third kappa shape index (κ3) is 3.19. The monoisotopic (exact) mass is 256 g/mol. The van der Waals surface area contributed by atoms with E-state index < -0.39 is 0 Å². The summed E-state index contributed by atoms with van der Waals surface area (Å²) in [6.45, 7) is 0.995. The van der Waals surface area contributed by atoms with Crippen LogP contribution in [0.2, 0.25) is 0 Å². The molecule has 1 saturated heterocycles. The Hall–Kier alpha value is -1.08. The third-order valence-electron chi connectivity index (χ3n) is 2.60. The van der Waals surface area contributed by atoms with Crippen LogP contribution < -0.4 is 5.32 Å². The lowest BCUT2D eigenvalue weighted by Crippen LogP contribution is -2.23. The molecular weight excluding hydrogens is 240 g/mol. The summed E-state index contributed by atoms with van der Waals surface area (Å²) in [6.07, 6.45) is 2.16. The maximum absolute atomic E-state index is 11.4. The Morgan fingerprint density at radius 3 is 3.06 bits per heavy atom. The molecule has 1 fully saturated rings. The van der Waals surface area contributed by atoms with Crippen LogP contribution in [0.4, 0.5) is 0 Å². The van der Waals surface area contributed by atoms with Crippen LogP contribution in [-0.4, -0.2) is 47.4 Å². The molecule has 1 N–H and O–H groups in total. The molecule has 7 heteroatoms. The molecule has 0 bridgehead atoms. The fourth-order valence-electron chi connectivity index (χ4n) is 1.57. The molecule has 1 aliphatic rings. The molecule has 0 saturated carbocycles. The average molecular weight is 256 g/mol. The van der Waals surface area contributed by atoms with E-state index in [4.69, 9.17) is 4.42 Å². The molecule has 17 heavy (non-hydrogen) atoms. The first-order valence-corrected chi connectivity index (χ1v) is 6.55. The lowest BCUT2D eigenvalue weighted by atomic mass is 10.2. The molecule has 0 aromatic carbocycles. The fourth-order valence-corrected chi connectivity index (χ4v) is 2.32. The van der Waals surface area contributed by atoms with Crippen LogP contribution in [0.1, 0.15) is 24.8 Å².